The summed E-state index contributed by atoms with van der Waals surface area (Å²) in [6, 6.07) is 11.6. The van der Waals surface area contributed by atoms with Crippen molar-refractivity contribution in [3.8, 4) is 11.5 Å². The minimum absolute atomic E-state index is 0.0251. The van der Waals surface area contributed by atoms with Gasteiger partial charge in [-0.05, 0) is 30.3 Å². The number of amidine groups is 1. The number of fused-ring (bicyclic) bond motifs is 1. The fraction of sp³-hybridized carbons (Fsp3) is 0.125. The SMILES string of the molecule is NC(=NOC(=O)c1ccc(Cl)cc1Cl)[C@@H]1COc2ccccc2O1. The second kappa shape index (κ2) is 6.98. The van der Waals surface area contributed by atoms with E-state index in [1.807, 2.05) is 6.07 Å². The van der Waals surface area contributed by atoms with Crippen LogP contribution in [0.25, 0.3) is 0 Å². The number of hydrogen-bond donors (Lipinski definition) is 1. The second-order valence-electron chi connectivity index (χ2n) is 4.88. The number of hydrogen-bond acceptors (Lipinski definition) is 5. The molecule has 1 atom stereocenters. The van der Waals surface area contributed by atoms with Crippen LogP contribution in [0, 0.1) is 0 Å². The molecule has 124 valence electrons. The van der Waals surface area contributed by atoms with E-state index in [-0.39, 0.29) is 23.0 Å². The van der Waals surface area contributed by atoms with E-state index >= 15 is 0 Å². The predicted molar refractivity (Wildman–Crippen MR) is 89.9 cm³/mol. The zero-order chi connectivity index (χ0) is 17.1. The molecule has 0 bridgehead atoms. The van der Waals surface area contributed by atoms with Crippen LogP contribution in [0.5, 0.6) is 11.5 Å². The molecule has 3 rings (SSSR count). The topological polar surface area (TPSA) is 83.1 Å². The van der Waals surface area contributed by atoms with Gasteiger partial charge in [-0.15, -0.1) is 0 Å². The summed E-state index contributed by atoms with van der Waals surface area (Å²) < 4.78 is 11.2. The highest BCUT2D eigenvalue weighted by atomic mass is 35.5. The highest BCUT2D eigenvalue weighted by molar-refractivity contribution is 6.36. The molecule has 8 heteroatoms. The highest BCUT2D eigenvalue weighted by Gasteiger charge is 2.25. The van der Waals surface area contributed by atoms with E-state index in [0.29, 0.717) is 16.5 Å². The van der Waals surface area contributed by atoms with Crippen molar-refractivity contribution in [2.75, 3.05) is 6.61 Å². The average Bonchev–Trinajstić information content (AvgIpc) is 2.59. The van der Waals surface area contributed by atoms with Gasteiger partial charge in [-0.1, -0.05) is 40.5 Å². The van der Waals surface area contributed by atoms with Crippen molar-refractivity contribution in [1.82, 2.24) is 0 Å². The number of carbonyl (C=O) groups is 1. The van der Waals surface area contributed by atoms with Gasteiger partial charge in [0.1, 0.15) is 6.61 Å². The number of oxime groups is 1. The Bertz CT molecular complexity index is 810. The molecule has 6 nitrogen and oxygen atoms in total. The van der Waals surface area contributed by atoms with Gasteiger partial charge in [0.05, 0.1) is 10.6 Å². The second-order valence-corrected chi connectivity index (χ2v) is 5.73. The molecule has 0 radical (unpaired) electrons. The molecule has 0 aromatic heterocycles. The van der Waals surface area contributed by atoms with Crippen molar-refractivity contribution in [3.05, 3.63) is 58.1 Å². The standard InChI is InChI=1S/C16H12Cl2N2O4/c17-9-5-6-10(11(18)7-9)16(21)24-20-15(19)14-8-22-12-3-1-2-4-13(12)23-14/h1-7,14H,8H2,(H2,19,20)/t14-/m0/s1. The van der Waals surface area contributed by atoms with Gasteiger partial charge >= 0.3 is 5.97 Å². The summed E-state index contributed by atoms with van der Waals surface area (Å²) in [7, 11) is 0. The smallest absolute Gasteiger partial charge is 0.367 e. The van der Waals surface area contributed by atoms with Crippen molar-refractivity contribution in [2.24, 2.45) is 10.9 Å². The van der Waals surface area contributed by atoms with E-state index in [4.69, 9.17) is 43.2 Å². The summed E-state index contributed by atoms with van der Waals surface area (Å²) in [6.45, 7) is 0.158. The first-order chi connectivity index (χ1) is 11.5. The maximum absolute atomic E-state index is 12.0. The fourth-order valence-corrected chi connectivity index (χ4v) is 2.51. The number of para-hydroxylation sites is 2. The molecule has 0 spiro atoms. The van der Waals surface area contributed by atoms with Gasteiger partial charge in [-0.3, -0.25) is 0 Å². The van der Waals surface area contributed by atoms with Gasteiger partial charge in [-0.25, -0.2) is 4.79 Å². The molecule has 1 heterocycles. The Balaban J connectivity index is 1.67. The minimum Gasteiger partial charge on any atom is -0.485 e. The number of halogens is 2. The van der Waals surface area contributed by atoms with E-state index in [1.54, 1.807) is 18.2 Å². The summed E-state index contributed by atoms with van der Waals surface area (Å²) in [4.78, 5) is 16.8. The Labute approximate surface area is 147 Å². The van der Waals surface area contributed by atoms with E-state index in [2.05, 4.69) is 5.16 Å². The number of ether oxygens (including phenoxy) is 2. The number of nitrogens with two attached hydrogens (primary N) is 1. The third kappa shape index (κ3) is 3.55. The summed E-state index contributed by atoms with van der Waals surface area (Å²) in [5.41, 5.74) is 5.94. The van der Waals surface area contributed by atoms with Crippen molar-refractivity contribution in [1.29, 1.82) is 0 Å². The lowest BCUT2D eigenvalue weighted by molar-refractivity contribution is 0.0504. The first kappa shape index (κ1) is 16.4. The van der Waals surface area contributed by atoms with Gasteiger partial charge in [0.25, 0.3) is 0 Å². The molecule has 1 aliphatic heterocycles. The average molecular weight is 367 g/mol. The van der Waals surface area contributed by atoms with Crippen molar-refractivity contribution < 1.29 is 19.1 Å². The number of nitrogens with zero attached hydrogens (tertiary/aromatic N) is 1. The Morgan fingerprint density at radius 1 is 1.21 bits per heavy atom. The van der Waals surface area contributed by atoms with Crippen LogP contribution in [0.4, 0.5) is 0 Å². The highest BCUT2D eigenvalue weighted by Crippen LogP contribution is 2.30. The molecule has 2 aromatic carbocycles. The monoisotopic (exact) mass is 366 g/mol. The molecule has 0 saturated heterocycles. The van der Waals surface area contributed by atoms with Crippen molar-refractivity contribution in [2.45, 2.75) is 6.10 Å². The lowest BCUT2D eigenvalue weighted by atomic mass is 10.2. The summed E-state index contributed by atoms with van der Waals surface area (Å²) in [6.07, 6.45) is -0.659. The van der Waals surface area contributed by atoms with Crippen LogP contribution in [0.3, 0.4) is 0 Å². The molecular weight excluding hydrogens is 355 g/mol. The van der Waals surface area contributed by atoms with Gasteiger partial charge in [0.15, 0.2) is 23.4 Å². The molecule has 0 fully saturated rings. The van der Waals surface area contributed by atoms with E-state index in [1.165, 1.54) is 18.2 Å². The molecule has 0 amide bonds. The zero-order valence-electron chi connectivity index (χ0n) is 12.2. The third-order valence-corrected chi connectivity index (χ3v) is 3.77. The zero-order valence-corrected chi connectivity index (χ0v) is 13.8. The minimum atomic E-state index is -0.753. The first-order valence-electron chi connectivity index (χ1n) is 6.93. The number of benzene rings is 2. The maximum Gasteiger partial charge on any atom is 0.367 e. The Hall–Kier alpha value is -2.44. The van der Waals surface area contributed by atoms with Crippen LogP contribution in [0.2, 0.25) is 10.0 Å². The normalized spacial score (nSPS) is 16.6. The Morgan fingerprint density at radius 3 is 2.71 bits per heavy atom. The number of rotatable bonds is 3. The van der Waals surface area contributed by atoms with E-state index < -0.39 is 12.1 Å². The van der Waals surface area contributed by atoms with Gasteiger partial charge in [0.2, 0.25) is 0 Å². The van der Waals surface area contributed by atoms with Crippen LogP contribution >= 0.6 is 23.2 Å². The quantitative estimate of drug-likeness (QED) is 0.390. The van der Waals surface area contributed by atoms with Gasteiger partial charge in [0, 0.05) is 5.02 Å². The lowest BCUT2D eigenvalue weighted by Crippen LogP contribution is -2.41. The summed E-state index contributed by atoms with van der Waals surface area (Å²) in [5.74, 6) is 0.380. The van der Waals surface area contributed by atoms with E-state index in [9.17, 15) is 4.79 Å². The molecular formula is C16H12Cl2N2O4. The van der Waals surface area contributed by atoms with Crippen LogP contribution < -0.4 is 15.2 Å². The van der Waals surface area contributed by atoms with Crippen LogP contribution in [0.1, 0.15) is 10.4 Å². The molecule has 0 saturated carbocycles. The molecule has 24 heavy (non-hydrogen) atoms. The third-order valence-electron chi connectivity index (χ3n) is 3.22. The summed E-state index contributed by atoms with van der Waals surface area (Å²) >= 11 is 11.7. The lowest BCUT2D eigenvalue weighted by Gasteiger charge is -2.25. The molecule has 1 aliphatic rings. The molecule has 2 N–H and O–H groups in total. The van der Waals surface area contributed by atoms with Crippen molar-refractivity contribution >= 4 is 35.0 Å². The number of carbonyl (C=O) groups excluding carboxylic acids is 1. The largest absolute Gasteiger partial charge is 0.485 e. The Kier molecular flexibility index (Phi) is 4.78. The predicted octanol–water partition coefficient (Wildman–Crippen LogP) is 3.26. The van der Waals surface area contributed by atoms with Crippen LogP contribution in [0.15, 0.2) is 47.6 Å². The van der Waals surface area contributed by atoms with Crippen molar-refractivity contribution in [3.63, 3.8) is 0 Å². The van der Waals surface area contributed by atoms with Crippen LogP contribution in [-0.2, 0) is 4.84 Å². The molecule has 0 unspecified atom stereocenters. The molecule has 2 aromatic rings. The fourth-order valence-electron chi connectivity index (χ4n) is 2.02. The van der Waals surface area contributed by atoms with Gasteiger partial charge in [-0.2, -0.15) is 0 Å². The first-order valence-corrected chi connectivity index (χ1v) is 7.68. The van der Waals surface area contributed by atoms with E-state index in [0.717, 1.165) is 0 Å². The Morgan fingerprint density at radius 2 is 1.96 bits per heavy atom. The summed E-state index contributed by atoms with van der Waals surface area (Å²) in [5, 5.41) is 4.18. The van der Waals surface area contributed by atoms with Gasteiger partial charge < -0.3 is 20.0 Å². The molecule has 0 aliphatic carbocycles. The maximum atomic E-state index is 12.0. The van der Waals surface area contributed by atoms with Crippen LogP contribution in [-0.4, -0.2) is 24.5 Å².